The summed E-state index contributed by atoms with van der Waals surface area (Å²) < 4.78 is 2.49. The van der Waals surface area contributed by atoms with Crippen LogP contribution in [0.25, 0.3) is 94.3 Å². The van der Waals surface area contributed by atoms with Gasteiger partial charge in [0.25, 0.3) is 0 Å². The number of fused-ring (bicyclic) bond motifs is 6. The lowest BCUT2D eigenvalue weighted by molar-refractivity contribution is 0.332. The fraction of sp³-hybridized carbons (Fsp3) is 0.145. The van der Waals surface area contributed by atoms with Gasteiger partial charge in [-0.25, -0.2) is 15.0 Å². The van der Waals surface area contributed by atoms with Crippen LogP contribution < -0.4 is 0 Å². The lowest BCUT2D eigenvalue weighted by Crippen LogP contribution is -2.33. The van der Waals surface area contributed by atoms with E-state index in [4.69, 9.17) is 15.0 Å². The first-order valence-electron chi connectivity index (χ1n) is 20.7. The van der Waals surface area contributed by atoms with Crippen molar-refractivity contribution >= 4 is 43.4 Å². The summed E-state index contributed by atoms with van der Waals surface area (Å²) in [4.78, 5) is 15.8. The van der Waals surface area contributed by atoms with E-state index < -0.39 is 0 Å². The fourth-order valence-corrected chi connectivity index (χ4v) is 9.57. The maximum atomic E-state index is 5.31. The van der Waals surface area contributed by atoms with Gasteiger partial charge in [0.1, 0.15) is 0 Å². The Balaban J connectivity index is 1.13. The van der Waals surface area contributed by atoms with Crippen molar-refractivity contribution in [3.63, 3.8) is 0 Å². The number of benzene rings is 8. The Morgan fingerprint density at radius 3 is 1.68 bits per heavy atom. The number of aromatic nitrogens is 4. The first kappa shape index (κ1) is 35.3. The molecule has 0 fully saturated rings. The Bertz CT molecular complexity index is 3260. The zero-order valence-corrected chi connectivity index (χ0v) is 33.9. The zero-order chi connectivity index (χ0) is 39.9. The average molecular weight is 761 g/mol. The van der Waals surface area contributed by atoms with Crippen LogP contribution in [-0.4, -0.2) is 19.5 Å². The summed E-state index contributed by atoms with van der Waals surface area (Å²) >= 11 is 0. The average Bonchev–Trinajstić information content (AvgIpc) is 3.60. The maximum absolute atomic E-state index is 5.31. The van der Waals surface area contributed by atoms with E-state index in [0.29, 0.717) is 17.5 Å². The van der Waals surface area contributed by atoms with Crippen molar-refractivity contribution in [2.24, 2.45) is 0 Å². The van der Waals surface area contributed by atoms with Crippen LogP contribution in [-0.2, 0) is 10.8 Å². The molecule has 0 radical (unpaired) electrons. The van der Waals surface area contributed by atoms with Crippen LogP contribution in [0.3, 0.4) is 0 Å². The first-order chi connectivity index (χ1) is 28.7. The van der Waals surface area contributed by atoms with Crippen LogP contribution in [0.5, 0.6) is 0 Å². The van der Waals surface area contributed by atoms with Crippen molar-refractivity contribution in [1.82, 2.24) is 19.5 Å². The highest BCUT2D eigenvalue weighted by Crippen LogP contribution is 2.49. The summed E-state index contributed by atoms with van der Waals surface area (Å²) in [6.45, 7) is 9.65. The summed E-state index contributed by atoms with van der Waals surface area (Å²) in [6, 6.07) is 60.9. The van der Waals surface area contributed by atoms with Gasteiger partial charge in [0.2, 0.25) is 0 Å². The van der Waals surface area contributed by atoms with Gasteiger partial charge in [0, 0.05) is 32.8 Å². The van der Waals surface area contributed by atoms with E-state index in [0.717, 1.165) is 49.5 Å². The molecule has 0 spiro atoms. The molecule has 0 saturated carbocycles. The number of hydrogen-bond donors (Lipinski definition) is 0. The van der Waals surface area contributed by atoms with Crippen molar-refractivity contribution in [1.29, 1.82) is 0 Å². The highest BCUT2D eigenvalue weighted by molar-refractivity contribution is 6.12. The molecule has 10 aromatic rings. The van der Waals surface area contributed by atoms with E-state index in [-0.39, 0.29) is 10.8 Å². The van der Waals surface area contributed by atoms with Crippen LogP contribution in [0.15, 0.2) is 170 Å². The van der Waals surface area contributed by atoms with Gasteiger partial charge in [-0.1, -0.05) is 167 Å². The summed E-state index contributed by atoms with van der Waals surface area (Å²) in [7, 11) is 0. The van der Waals surface area contributed by atoms with E-state index >= 15 is 0 Å². The van der Waals surface area contributed by atoms with Gasteiger partial charge in [-0.15, -0.1) is 0 Å². The molecule has 0 N–H and O–H groups in total. The second-order valence-electron chi connectivity index (χ2n) is 17.5. The van der Waals surface area contributed by atoms with Gasteiger partial charge in [-0.05, 0) is 92.4 Å². The molecule has 4 nitrogen and oxygen atoms in total. The molecule has 0 saturated heterocycles. The molecule has 0 atom stereocenters. The topological polar surface area (TPSA) is 43.6 Å². The minimum atomic E-state index is 0.0896. The molecule has 284 valence electrons. The third kappa shape index (κ3) is 5.77. The molecule has 0 aliphatic heterocycles. The fourth-order valence-electron chi connectivity index (χ4n) is 9.57. The quantitative estimate of drug-likeness (QED) is 0.175. The molecule has 59 heavy (non-hydrogen) atoms. The Labute approximate surface area is 344 Å². The Hall–Kier alpha value is -6.91. The molecule has 1 aliphatic carbocycles. The molecular weight excluding hydrogens is 717 g/mol. The third-order valence-corrected chi connectivity index (χ3v) is 12.9. The van der Waals surface area contributed by atoms with Crippen LogP contribution >= 0.6 is 0 Å². The van der Waals surface area contributed by atoms with Crippen molar-refractivity contribution in [3.8, 4) is 51.0 Å². The van der Waals surface area contributed by atoms with E-state index in [9.17, 15) is 0 Å². The third-order valence-electron chi connectivity index (χ3n) is 12.9. The minimum Gasteiger partial charge on any atom is -0.309 e. The molecule has 1 aliphatic rings. The van der Waals surface area contributed by atoms with Gasteiger partial charge in [0.15, 0.2) is 17.5 Å². The zero-order valence-electron chi connectivity index (χ0n) is 33.9. The standard InChI is InChI=1S/C55H44N4/c1-54(2)31-32-55(3,4)47-34-50-45(33-46(47)54)42-22-12-13-24-48(42)59(50)49-30-29-44(40-20-10-11-21-41(40)49)53-57-51(38-27-25-36(26-28-38)35-15-6-5-7-16-35)56-52(58-53)43-23-14-18-37-17-8-9-19-39(37)43/h5-30,33-34H,31-32H2,1-4H3. The van der Waals surface area contributed by atoms with Gasteiger partial charge >= 0.3 is 0 Å². The van der Waals surface area contributed by atoms with Crippen LogP contribution in [0.4, 0.5) is 0 Å². The second-order valence-corrected chi connectivity index (χ2v) is 17.5. The Kier molecular flexibility index (Phi) is 7.96. The van der Waals surface area contributed by atoms with Crippen molar-refractivity contribution in [3.05, 3.63) is 181 Å². The maximum Gasteiger partial charge on any atom is 0.164 e. The Morgan fingerprint density at radius 2 is 0.932 bits per heavy atom. The van der Waals surface area contributed by atoms with Crippen LogP contribution in [0, 0.1) is 0 Å². The van der Waals surface area contributed by atoms with Crippen LogP contribution in [0.2, 0.25) is 0 Å². The summed E-state index contributed by atoms with van der Waals surface area (Å²) in [5.74, 6) is 1.94. The molecular formula is C55H44N4. The van der Waals surface area contributed by atoms with Gasteiger partial charge in [-0.2, -0.15) is 0 Å². The molecule has 2 aromatic heterocycles. The smallest absolute Gasteiger partial charge is 0.164 e. The van der Waals surface area contributed by atoms with E-state index in [1.54, 1.807) is 0 Å². The lowest BCUT2D eigenvalue weighted by atomic mass is 9.63. The molecule has 11 rings (SSSR count). The normalized spacial score (nSPS) is 14.6. The largest absolute Gasteiger partial charge is 0.309 e. The Morgan fingerprint density at radius 1 is 0.390 bits per heavy atom. The van der Waals surface area contributed by atoms with Crippen molar-refractivity contribution < 1.29 is 0 Å². The highest BCUT2D eigenvalue weighted by Gasteiger charge is 2.38. The SMILES string of the molecule is CC1(C)CCC(C)(C)c2cc3c(cc21)c1ccccc1n3-c1ccc(-c2nc(-c3ccc(-c4ccccc4)cc3)nc(-c3cccc4ccccc34)n2)c2ccccc12. The summed E-state index contributed by atoms with van der Waals surface area (Å²) in [5, 5.41) is 7.07. The predicted molar refractivity (Wildman–Crippen MR) is 246 cm³/mol. The van der Waals surface area contributed by atoms with Gasteiger partial charge < -0.3 is 4.57 Å². The molecule has 8 aromatic carbocycles. The van der Waals surface area contributed by atoms with E-state index in [2.05, 4.69) is 196 Å². The molecule has 0 amide bonds. The molecule has 0 unspecified atom stereocenters. The van der Waals surface area contributed by atoms with Gasteiger partial charge in [0.05, 0.1) is 16.7 Å². The second kappa shape index (κ2) is 13.3. The van der Waals surface area contributed by atoms with Crippen molar-refractivity contribution in [2.75, 3.05) is 0 Å². The number of rotatable bonds is 5. The van der Waals surface area contributed by atoms with Crippen molar-refractivity contribution in [2.45, 2.75) is 51.4 Å². The number of nitrogens with zero attached hydrogens (tertiary/aromatic N) is 4. The number of para-hydroxylation sites is 1. The summed E-state index contributed by atoms with van der Waals surface area (Å²) in [6.07, 6.45) is 2.35. The molecule has 2 heterocycles. The van der Waals surface area contributed by atoms with E-state index in [1.165, 1.54) is 51.3 Å². The predicted octanol–water partition coefficient (Wildman–Crippen LogP) is 14.3. The minimum absolute atomic E-state index is 0.0896. The monoisotopic (exact) mass is 760 g/mol. The first-order valence-corrected chi connectivity index (χ1v) is 20.7. The highest BCUT2D eigenvalue weighted by atomic mass is 15.0. The van der Waals surface area contributed by atoms with Gasteiger partial charge in [-0.3, -0.25) is 0 Å². The number of hydrogen-bond acceptors (Lipinski definition) is 3. The van der Waals surface area contributed by atoms with E-state index in [1.807, 2.05) is 6.07 Å². The van der Waals surface area contributed by atoms with Crippen LogP contribution in [0.1, 0.15) is 51.7 Å². The lowest BCUT2D eigenvalue weighted by Gasteiger charge is -2.42. The molecule has 0 bridgehead atoms. The molecule has 4 heteroatoms. The summed E-state index contributed by atoms with van der Waals surface area (Å²) in [5.41, 5.74) is 12.0.